The summed E-state index contributed by atoms with van der Waals surface area (Å²) in [6.07, 6.45) is 0.0449. The molecule has 0 bridgehead atoms. The average Bonchev–Trinajstić information content (AvgIpc) is 2.52. The smallest absolute Gasteiger partial charge is 0.307 e. The van der Waals surface area contributed by atoms with E-state index in [1.54, 1.807) is 0 Å². The second kappa shape index (κ2) is 4.85. The summed E-state index contributed by atoms with van der Waals surface area (Å²) in [5, 5.41) is 15.9. The average molecular weight is 286 g/mol. The molecule has 22 heavy (non-hydrogen) atoms. The summed E-state index contributed by atoms with van der Waals surface area (Å²) in [5.41, 5.74) is 0.867. The van der Waals surface area contributed by atoms with Gasteiger partial charge in [0.05, 0.1) is 6.42 Å². The van der Waals surface area contributed by atoms with Crippen LogP contribution in [-0.4, -0.2) is 11.1 Å². The lowest BCUT2D eigenvalue weighted by atomic mass is 9.94. The number of hydrogen-bond acceptors (Lipinski definition) is 1. The maximum atomic E-state index is 11.2. The highest BCUT2D eigenvalue weighted by Gasteiger charge is 2.09. The second-order valence-corrected chi connectivity index (χ2v) is 5.57. The topological polar surface area (TPSA) is 37.3 Å². The van der Waals surface area contributed by atoms with Gasteiger partial charge in [-0.2, -0.15) is 0 Å². The van der Waals surface area contributed by atoms with E-state index in [1.807, 2.05) is 30.3 Å². The first-order valence-electron chi connectivity index (χ1n) is 7.27. The molecule has 0 aliphatic carbocycles. The van der Waals surface area contributed by atoms with Gasteiger partial charge in [0.25, 0.3) is 0 Å². The molecule has 0 radical (unpaired) electrons. The molecule has 106 valence electrons. The molecular weight excluding hydrogens is 272 g/mol. The maximum absolute atomic E-state index is 11.2. The molecule has 4 rings (SSSR count). The Kier molecular flexibility index (Phi) is 2.83. The molecule has 0 amide bonds. The SMILES string of the molecule is O=C(O)Cc1cccc2ccc3cc4ccccc4cc3c12. The van der Waals surface area contributed by atoms with Gasteiger partial charge >= 0.3 is 5.97 Å². The summed E-state index contributed by atoms with van der Waals surface area (Å²) >= 11 is 0. The molecule has 0 heterocycles. The summed E-state index contributed by atoms with van der Waals surface area (Å²) in [6, 6.07) is 22.6. The van der Waals surface area contributed by atoms with E-state index in [0.717, 1.165) is 27.1 Å². The zero-order chi connectivity index (χ0) is 15.1. The van der Waals surface area contributed by atoms with Crippen molar-refractivity contribution in [3.05, 3.63) is 72.3 Å². The Labute approximate surface area is 127 Å². The van der Waals surface area contributed by atoms with Gasteiger partial charge in [-0.1, -0.05) is 54.6 Å². The van der Waals surface area contributed by atoms with E-state index < -0.39 is 5.97 Å². The zero-order valence-electron chi connectivity index (χ0n) is 11.9. The van der Waals surface area contributed by atoms with Gasteiger partial charge in [-0.15, -0.1) is 0 Å². The largest absolute Gasteiger partial charge is 0.481 e. The number of fused-ring (bicyclic) bond motifs is 4. The standard InChI is InChI=1S/C20H14O2/c21-19(22)12-17-7-3-6-13-8-9-16-10-14-4-1-2-5-15(14)11-18(16)20(13)17/h1-11H,12H2,(H,21,22). The predicted molar refractivity (Wildman–Crippen MR) is 90.3 cm³/mol. The molecule has 0 saturated carbocycles. The highest BCUT2D eigenvalue weighted by atomic mass is 16.4. The van der Waals surface area contributed by atoms with Crippen LogP contribution in [0, 0.1) is 0 Å². The summed E-state index contributed by atoms with van der Waals surface area (Å²) < 4.78 is 0. The van der Waals surface area contributed by atoms with Crippen LogP contribution in [0.15, 0.2) is 66.7 Å². The van der Waals surface area contributed by atoms with E-state index in [-0.39, 0.29) is 6.42 Å². The van der Waals surface area contributed by atoms with Gasteiger partial charge in [0.1, 0.15) is 0 Å². The molecule has 2 nitrogen and oxygen atoms in total. The zero-order valence-corrected chi connectivity index (χ0v) is 11.9. The predicted octanol–water partition coefficient (Wildman–Crippen LogP) is 4.77. The quantitative estimate of drug-likeness (QED) is 0.425. The van der Waals surface area contributed by atoms with Crippen molar-refractivity contribution in [3.63, 3.8) is 0 Å². The molecule has 0 fully saturated rings. The monoisotopic (exact) mass is 286 g/mol. The molecule has 4 aromatic carbocycles. The van der Waals surface area contributed by atoms with E-state index >= 15 is 0 Å². The normalized spacial score (nSPS) is 11.3. The van der Waals surface area contributed by atoms with E-state index in [0.29, 0.717) is 0 Å². The van der Waals surface area contributed by atoms with Crippen molar-refractivity contribution in [3.8, 4) is 0 Å². The van der Waals surface area contributed by atoms with Crippen molar-refractivity contribution in [1.29, 1.82) is 0 Å². The summed E-state index contributed by atoms with van der Waals surface area (Å²) in [4.78, 5) is 11.2. The van der Waals surface area contributed by atoms with Crippen LogP contribution in [0.4, 0.5) is 0 Å². The van der Waals surface area contributed by atoms with Gasteiger partial charge in [0.2, 0.25) is 0 Å². The molecule has 0 spiro atoms. The highest BCUT2D eigenvalue weighted by molar-refractivity contribution is 6.13. The number of benzene rings is 4. The molecule has 0 atom stereocenters. The van der Waals surface area contributed by atoms with Crippen LogP contribution in [0.25, 0.3) is 32.3 Å². The van der Waals surface area contributed by atoms with Crippen molar-refractivity contribution in [2.75, 3.05) is 0 Å². The minimum absolute atomic E-state index is 0.0449. The lowest BCUT2D eigenvalue weighted by Gasteiger charge is -2.10. The van der Waals surface area contributed by atoms with Crippen molar-refractivity contribution >= 4 is 38.3 Å². The first-order chi connectivity index (χ1) is 10.7. The van der Waals surface area contributed by atoms with Crippen LogP contribution < -0.4 is 0 Å². The van der Waals surface area contributed by atoms with Gasteiger partial charge in [-0.05, 0) is 50.0 Å². The number of hydrogen-bond donors (Lipinski definition) is 1. The van der Waals surface area contributed by atoms with Gasteiger partial charge in [0.15, 0.2) is 0 Å². The van der Waals surface area contributed by atoms with E-state index in [2.05, 4.69) is 36.4 Å². The number of aliphatic carboxylic acids is 1. The van der Waals surface area contributed by atoms with Crippen molar-refractivity contribution in [2.45, 2.75) is 6.42 Å². The fraction of sp³-hybridized carbons (Fsp3) is 0.0500. The first-order valence-corrected chi connectivity index (χ1v) is 7.27. The van der Waals surface area contributed by atoms with Crippen LogP contribution in [0.5, 0.6) is 0 Å². The van der Waals surface area contributed by atoms with E-state index in [4.69, 9.17) is 0 Å². The van der Waals surface area contributed by atoms with Crippen molar-refractivity contribution in [1.82, 2.24) is 0 Å². The Morgan fingerprint density at radius 2 is 1.45 bits per heavy atom. The number of carboxylic acid groups (broad SMARTS) is 1. The Morgan fingerprint density at radius 3 is 2.23 bits per heavy atom. The van der Waals surface area contributed by atoms with Crippen LogP contribution >= 0.6 is 0 Å². The van der Waals surface area contributed by atoms with Crippen LogP contribution in [0.2, 0.25) is 0 Å². The molecule has 0 aliphatic rings. The minimum Gasteiger partial charge on any atom is -0.481 e. The van der Waals surface area contributed by atoms with Crippen LogP contribution in [-0.2, 0) is 11.2 Å². The number of carbonyl (C=O) groups is 1. The molecule has 2 heteroatoms. The van der Waals surface area contributed by atoms with Gasteiger partial charge in [-0.3, -0.25) is 4.79 Å². The number of rotatable bonds is 2. The third-order valence-electron chi connectivity index (χ3n) is 4.15. The Hall–Kier alpha value is -2.87. The molecule has 0 aliphatic heterocycles. The molecule has 0 aromatic heterocycles. The summed E-state index contributed by atoms with van der Waals surface area (Å²) in [7, 11) is 0. The fourth-order valence-corrected chi connectivity index (χ4v) is 3.19. The van der Waals surface area contributed by atoms with Gasteiger partial charge < -0.3 is 5.11 Å². The van der Waals surface area contributed by atoms with E-state index in [9.17, 15) is 9.90 Å². The Balaban J connectivity index is 2.16. The van der Waals surface area contributed by atoms with Crippen molar-refractivity contribution < 1.29 is 9.90 Å². The van der Waals surface area contributed by atoms with Crippen LogP contribution in [0.3, 0.4) is 0 Å². The lowest BCUT2D eigenvalue weighted by molar-refractivity contribution is -0.136. The third-order valence-corrected chi connectivity index (χ3v) is 4.15. The van der Waals surface area contributed by atoms with Gasteiger partial charge in [0, 0.05) is 0 Å². The Bertz CT molecular complexity index is 1030. The summed E-state index contributed by atoms with van der Waals surface area (Å²) in [6.45, 7) is 0. The fourth-order valence-electron chi connectivity index (χ4n) is 3.19. The van der Waals surface area contributed by atoms with E-state index in [1.165, 1.54) is 10.8 Å². The number of carboxylic acids is 1. The van der Waals surface area contributed by atoms with Crippen LogP contribution in [0.1, 0.15) is 5.56 Å². The first kappa shape index (κ1) is 12.8. The summed E-state index contributed by atoms with van der Waals surface area (Å²) in [5.74, 6) is -0.801. The second-order valence-electron chi connectivity index (χ2n) is 5.57. The molecule has 0 saturated heterocycles. The van der Waals surface area contributed by atoms with Gasteiger partial charge in [-0.25, -0.2) is 0 Å². The molecule has 4 aromatic rings. The van der Waals surface area contributed by atoms with Crippen molar-refractivity contribution in [2.24, 2.45) is 0 Å². The third kappa shape index (κ3) is 2.01. The lowest BCUT2D eigenvalue weighted by Crippen LogP contribution is -2.00. The molecular formula is C20H14O2. The Morgan fingerprint density at radius 1 is 0.773 bits per heavy atom. The maximum Gasteiger partial charge on any atom is 0.307 e. The highest BCUT2D eigenvalue weighted by Crippen LogP contribution is 2.31. The molecule has 1 N–H and O–H groups in total. The minimum atomic E-state index is -0.801. The molecule has 0 unspecified atom stereocenters.